The van der Waals surface area contributed by atoms with Gasteiger partial charge in [0.05, 0.1) is 5.92 Å². The standard InChI is InChI=1S/C18H24N2O2/c1-5-9-19-18(22)14-10-16(21)20(11-14)17-13(4)7-6-8-15(17)12(2)3/h5-8,12,14H,1,9-11H2,2-4H3,(H,19,22). The van der Waals surface area contributed by atoms with Crippen molar-refractivity contribution < 1.29 is 9.59 Å². The van der Waals surface area contributed by atoms with Crippen molar-refractivity contribution in [3.8, 4) is 0 Å². The third-order valence-corrected chi connectivity index (χ3v) is 4.08. The van der Waals surface area contributed by atoms with E-state index in [1.165, 1.54) is 0 Å². The summed E-state index contributed by atoms with van der Waals surface area (Å²) in [6.07, 6.45) is 1.92. The molecule has 2 rings (SSSR count). The van der Waals surface area contributed by atoms with Gasteiger partial charge in [0.2, 0.25) is 11.8 Å². The van der Waals surface area contributed by atoms with Crippen molar-refractivity contribution in [2.75, 3.05) is 18.0 Å². The molecule has 4 heteroatoms. The van der Waals surface area contributed by atoms with Crippen LogP contribution in [0.25, 0.3) is 0 Å². The molecular weight excluding hydrogens is 276 g/mol. The number of nitrogens with one attached hydrogen (secondary N) is 1. The molecule has 0 aromatic heterocycles. The Hall–Kier alpha value is -2.10. The first-order valence-corrected chi connectivity index (χ1v) is 7.74. The van der Waals surface area contributed by atoms with Crippen LogP contribution in [-0.4, -0.2) is 24.9 Å². The van der Waals surface area contributed by atoms with Gasteiger partial charge in [0.25, 0.3) is 0 Å². The van der Waals surface area contributed by atoms with Gasteiger partial charge in [-0.1, -0.05) is 38.1 Å². The van der Waals surface area contributed by atoms with Gasteiger partial charge in [-0.2, -0.15) is 0 Å². The maximum absolute atomic E-state index is 12.4. The second kappa shape index (κ2) is 6.77. The summed E-state index contributed by atoms with van der Waals surface area (Å²) in [5, 5.41) is 2.78. The molecule has 4 nitrogen and oxygen atoms in total. The monoisotopic (exact) mass is 300 g/mol. The number of amides is 2. The van der Waals surface area contributed by atoms with E-state index in [4.69, 9.17) is 0 Å². The van der Waals surface area contributed by atoms with Gasteiger partial charge in [0, 0.05) is 25.2 Å². The zero-order chi connectivity index (χ0) is 16.3. The van der Waals surface area contributed by atoms with Crippen LogP contribution in [0, 0.1) is 12.8 Å². The summed E-state index contributed by atoms with van der Waals surface area (Å²) in [5.74, 6) is -0.00575. The molecule has 1 N–H and O–H groups in total. The number of aryl methyl sites for hydroxylation is 1. The number of hydrogen-bond donors (Lipinski definition) is 1. The largest absolute Gasteiger partial charge is 0.352 e. The summed E-state index contributed by atoms with van der Waals surface area (Å²) in [6, 6.07) is 6.09. The molecule has 0 spiro atoms. The highest BCUT2D eigenvalue weighted by Crippen LogP contribution is 2.34. The molecular formula is C18H24N2O2. The van der Waals surface area contributed by atoms with E-state index in [0.29, 0.717) is 19.0 Å². The highest BCUT2D eigenvalue weighted by Gasteiger charge is 2.36. The van der Waals surface area contributed by atoms with Crippen LogP contribution < -0.4 is 10.2 Å². The number of rotatable bonds is 5. The third-order valence-electron chi connectivity index (χ3n) is 4.08. The van der Waals surface area contributed by atoms with Crippen molar-refractivity contribution in [2.45, 2.75) is 33.1 Å². The Balaban J connectivity index is 2.26. The van der Waals surface area contributed by atoms with E-state index in [9.17, 15) is 9.59 Å². The average Bonchev–Trinajstić information content (AvgIpc) is 2.86. The molecule has 1 unspecified atom stereocenters. The molecule has 0 saturated carbocycles. The van der Waals surface area contributed by atoms with Gasteiger partial charge in [0.1, 0.15) is 0 Å². The van der Waals surface area contributed by atoms with Crippen LogP contribution in [-0.2, 0) is 9.59 Å². The van der Waals surface area contributed by atoms with Gasteiger partial charge in [-0.25, -0.2) is 0 Å². The Morgan fingerprint density at radius 3 is 2.86 bits per heavy atom. The summed E-state index contributed by atoms with van der Waals surface area (Å²) in [4.78, 5) is 26.3. The molecule has 1 aromatic carbocycles. The molecule has 1 aromatic rings. The lowest BCUT2D eigenvalue weighted by atomic mass is 9.97. The van der Waals surface area contributed by atoms with E-state index in [2.05, 4.69) is 31.8 Å². The van der Waals surface area contributed by atoms with E-state index in [0.717, 1.165) is 16.8 Å². The van der Waals surface area contributed by atoms with Crippen molar-refractivity contribution in [1.82, 2.24) is 5.32 Å². The van der Waals surface area contributed by atoms with Crippen LogP contribution in [0.4, 0.5) is 5.69 Å². The van der Waals surface area contributed by atoms with Gasteiger partial charge in [-0.05, 0) is 24.0 Å². The maximum atomic E-state index is 12.4. The first-order chi connectivity index (χ1) is 10.5. The average molecular weight is 300 g/mol. The van der Waals surface area contributed by atoms with Gasteiger partial charge in [0.15, 0.2) is 0 Å². The molecule has 2 amide bonds. The predicted octanol–water partition coefficient (Wildman–Crippen LogP) is 2.77. The summed E-state index contributed by atoms with van der Waals surface area (Å²) < 4.78 is 0. The summed E-state index contributed by atoms with van der Waals surface area (Å²) in [7, 11) is 0. The van der Waals surface area contributed by atoms with Crippen molar-refractivity contribution in [3.63, 3.8) is 0 Å². The molecule has 0 bridgehead atoms. The molecule has 1 aliphatic heterocycles. The quantitative estimate of drug-likeness (QED) is 0.850. The highest BCUT2D eigenvalue weighted by atomic mass is 16.2. The van der Waals surface area contributed by atoms with E-state index in [1.807, 2.05) is 19.1 Å². The SMILES string of the molecule is C=CCNC(=O)C1CC(=O)N(c2c(C)cccc2C(C)C)C1. The van der Waals surface area contributed by atoms with Gasteiger partial charge < -0.3 is 10.2 Å². The van der Waals surface area contributed by atoms with Crippen LogP contribution in [0.3, 0.4) is 0 Å². The zero-order valence-corrected chi connectivity index (χ0v) is 13.6. The molecule has 0 radical (unpaired) electrons. The smallest absolute Gasteiger partial charge is 0.227 e. The number of anilines is 1. The van der Waals surface area contributed by atoms with Gasteiger partial charge in [-0.15, -0.1) is 6.58 Å². The lowest BCUT2D eigenvalue weighted by Gasteiger charge is -2.24. The lowest BCUT2D eigenvalue weighted by molar-refractivity contribution is -0.126. The number of nitrogens with zero attached hydrogens (tertiary/aromatic N) is 1. The summed E-state index contributed by atoms with van der Waals surface area (Å²) >= 11 is 0. The molecule has 118 valence electrons. The molecule has 1 fully saturated rings. The number of carbonyl (C=O) groups is 2. The Morgan fingerprint density at radius 1 is 1.50 bits per heavy atom. The van der Waals surface area contributed by atoms with Crippen LogP contribution >= 0.6 is 0 Å². The number of hydrogen-bond acceptors (Lipinski definition) is 2. The Bertz CT molecular complexity index is 593. The minimum atomic E-state index is -0.285. The second-order valence-corrected chi connectivity index (χ2v) is 6.11. The van der Waals surface area contributed by atoms with Crippen molar-refractivity contribution >= 4 is 17.5 Å². The Kier molecular flexibility index (Phi) is 5.01. The van der Waals surface area contributed by atoms with E-state index in [-0.39, 0.29) is 24.2 Å². The topological polar surface area (TPSA) is 49.4 Å². The molecule has 1 heterocycles. The van der Waals surface area contributed by atoms with Crippen molar-refractivity contribution in [1.29, 1.82) is 0 Å². The second-order valence-electron chi connectivity index (χ2n) is 6.11. The van der Waals surface area contributed by atoms with E-state index in [1.54, 1.807) is 11.0 Å². The van der Waals surface area contributed by atoms with E-state index < -0.39 is 0 Å². The normalized spacial score (nSPS) is 17.9. The first kappa shape index (κ1) is 16.3. The summed E-state index contributed by atoms with van der Waals surface area (Å²) in [6.45, 7) is 10.7. The van der Waals surface area contributed by atoms with Crippen LogP contribution in [0.15, 0.2) is 30.9 Å². The fraction of sp³-hybridized carbons (Fsp3) is 0.444. The Morgan fingerprint density at radius 2 is 2.23 bits per heavy atom. The molecule has 1 atom stereocenters. The third kappa shape index (κ3) is 3.21. The van der Waals surface area contributed by atoms with Crippen molar-refractivity contribution in [2.24, 2.45) is 5.92 Å². The highest BCUT2D eigenvalue weighted by molar-refractivity contribution is 6.01. The van der Waals surface area contributed by atoms with Gasteiger partial charge in [-0.3, -0.25) is 9.59 Å². The van der Waals surface area contributed by atoms with Crippen LogP contribution in [0.5, 0.6) is 0 Å². The van der Waals surface area contributed by atoms with Crippen LogP contribution in [0.1, 0.15) is 37.3 Å². The van der Waals surface area contributed by atoms with E-state index >= 15 is 0 Å². The van der Waals surface area contributed by atoms with Crippen LogP contribution in [0.2, 0.25) is 0 Å². The molecule has 22 heavy (non-hydrogen) atoms. The number of carbonyl (C=O) groups excluding carboxylic acids is 2. The molecule has 1 aliphatic rings. The minimum absolute atomic E-state index is 0.0231. The molecule has 0 aliphatic carbocycles. The first-order valence-electron chi connectivity index (χ1n) is 7.74. The Labute approximate surface area is 132 Å². The number of benzene rings is 1. The molecule has 1 saturated heterocycles. The number of para-hydroxylation sites is 1. The fourth-order valence-corrected chi connectivity index (χ4v) is 2.93. The maximum Gasteiger partial charge on any atom is 0.227 e. The predicted molar refractivity (Wildman–Crippen MR) is 88.9 cm³/mol. The van der Waals surface area contributed by atoms with Crippen molar-refractivity contribution in [3.05, 3.63) is 42.0 Å². The summed E-state index contributed by atoms with van der Waals surface area (Å²) in [5.41, 5.74) is 3.20. The lowest BCUT2D eigenvalue weighted by Crippen LogP contribution is -2.33. The van der Waals surface area contributed by atoms with Gasteiger partial charge >= 0.3 is 0 Å². The zero-order valence-electron chi connectivity index (χ0n) is 13.6. The fourth-order valence-electron chi connectivity index (χ4n) is 2.93. The minimum Gasteiger partial charge on any atom is -0.352 e.